The van der Waals surface area contributed by atoms with Crippen molar-refractivity contribution in [3.63, 3.8) is 0 Å². The summed E-state index contributed by atoms with van der Waals surface area (Å²) in [5, 5.41) is 0. The van der Waals surface area contributed by atoms with Gasteiger partial charge in [0, 0.05) is 33.0 Å². The fraction of sp³-hybridized carbons (Fsp3) is 0.333. The number of nitrogens with two attached hydrogens (primary N) is 1. The molecule has 0 aliphatic carbocycles. The third kappa shape index (κ3) is 2.38. The van der Waals surface area contributed by atoms with E-state index < -0.39 is 0 Å². The minimum Gasteiger partial charge on any atom is -0.362 e. The maximum absolute atomic E-state index is 13.5. The van der Waals surface area contributed by atoms with Crippen molar-refractivity contribution in [1.29, 1.82) is 0 Å². The van der Waals surface area contributed by atoms with Crippen molar-refractivity contribution in [3.8, 4) is 0 Å². The summed E-state index contributed by atoms with van der Waals surface area (Å²) in [5.41, 5.74) is 8.19. The Morgan fingerprint density at radius 2 is 2.25 bits per heavy atom. The summed E-state index contributed by atoms with van der Waals surface area (Å²) in [4.78, 5) is 4.71. The summed E-state index contributed by atoms with van der Waals surface area (Å²) in [6.45, 7) is 3.51. The van der Waals surface area contributed by atoms with Crippen molar-refractivity contribution in [2.45, 2.75) is 19.4 Å². The van der Waals surface area contributed by atoms with Crippen LogP contribution in [0.25, 0.3) is 0 Å². The normalized spacial score (nSPS) is 15.5. The quantitative estimate of drug-likeness (QED) is 0.901. The highest BCUT2D eigenvalue weighted by atomic mass is 79.9. The molecule has 1 aliphatic heterocycles. The second-order valence-corrected chi connectivity index (χ2v) is 7.16. The first-order valence-electron chi connectivity index (χ1n) is 6.61. The van der Waals surface area contributed by atoms with Crippen molar-refractivity contribution >= 4 is 33.0 Å². The molecule has 0 saturated heterocycles. The minimum absolute atomic E-state index is 0.119. The zero-order valence-corrected chi connectivity index (χ0v) is 13.6. The van der Waals surface area contributed by atoms with Crippen LogP contribution < -0.4 is 10.6 Å². The highest BCUT2D eigenvalue weighted by Gasteiger charge is 2.28. The summed E-state index contributed by atoms with van der Waals surface area (Å²) in [6, 6.07) is 7.29. The first-order valence-corrected chi connectivity index (χ1v) is 8.22. The van der Waals surface area contributed by atoms with Gasteiger partial charge in [-0.05, 0) is 53.0 Å². The molecule has 0 spiro atoms. The average molecular weight is 355 g/mol. The lowest BCUT2D eigenvalue weighted by atomic mass is 10.1. The van der Waals surface area contributed by atoms with E-state index in [0.29, 0.717) is 6.54 Å². The molecule has 1 aliphatic rings. The largest absolute Gasteiger partial charge is 0.362 e. The lowest BCUT2D eigenvalue weighted by Crippen LogP contribution is -2.31. The van der Waals surface area contributed by atoms with Crippen LogP contribution in [-0.2, 0) is 6.42 Å². The van der Waals surface area contributed by atoms with Gasteiger partial charge in [0.1, 0.15) is 5.82 Å². The highest BCUT2D eigenvalue weighted by molar-refractivity contribution is 9.10. The smallest absolute Gasteiger partial charge is 0.125 e. The molecule has 1 aromatic carbocycles. The Morgan fingerprint density at radius 1 is 1.45 bits per heavy atom. The van der Waals surface area contributed by atoms with Crippen molar-refractivity contribution in [2.75, 3.05) is 18.0 Å². The number of anilines is 1. The van der Waals surface area contributed by atoms with Crippen LogP contribution in [0, 0.1) is 12.7 Å². The molecule has 0 fully saturated rings. The van der Waals surface area contributed by atoms with Crippen LogP contribution in [-0.4, -0.2) is 13.1 Å². The van der Waals surface area contributed by atoms with E-state index >= 15 is 0 Å². The number of nitrogens with zero attached hydrogens (tertiary/aromatic N) is 1. The molecule has 2 N–H and O–H groups in total. The third-order valence-corrected chi connectivity index (χ3v) is 6.02. The topological polar surface area (TPSA) is 29.3 Å². The van der Waals surface area contributed by atoms with Crippen LogP contribution in [0.15, 0.2) is 28.7 Å². The van der Waals surface area contributed by atoms with Gasteiger partial charge in [-0.2, -0.15) is 0 Å². The number of rotatable bonds is 3. The molecule has 1 unspecified atom stereocenters. The molecule has 0 radical (unpaired) electrons. The first-order chi connectivity index (χ1) is 9.60. The molecule has 0 saturated carbocycles. The third-order valence-electron chi connectivity index (χ3n) is 3.78. The van der Waals surface area contributed by atoms with Crippen LogP contribution in [0.5, 0.6) is 0 Å². The molecule has 2 nitrogen and oxygen atoms in total. The first kappa shape index (κ1) is 14.0. The molecule has 0 bridgehead atoms. The highest BCUT2D eigenvalue weighted by Crippen LogP contribution is 2.39. The number of benzene rings is 1. The minimum atomic E-state index is -0.185. The van der Waals surface area contributed by atoms with Gasteiger partial charge >= 0.3 is 0 Å². The number of hydrogen-bond donors (Lipinski definition) is 1. The molecular formula is C15H16BrFN2S. The van der Waals surface area contributed by atoms with Crippen LogP contribution in [0.4, 0.5) is 10.1 Å². The van der Waals surface area contributed by atoms with E-state index in [1.807, 2.05) is 6.07 Å². The van der Waals surface area contributed by atoms with Gasteiger partial charge in [-0.1, -0.05) is 6.07 Å². The number of thiophene rings is 1. The van der Waals surface area contributed by atoms with Crippen molar-refractivity contribution in [3.05, 3.63) is 49.9 Å². The molecule has 20 heavy (non-hydrogen) atoms. The molecule has 106 valence electrons. The number of aryl methyl sites for hydroxylation is 1. The molecule has 2 heterocycles. The lowest BCUT2D eigenvalue weighted by molar-refractivity contribution is 0.623. The van der Waals surface area contributed by atoms with Crippen LogP contribution >= 0.6 is 27.3 Å². The average Bonchev–Trinajstić information content (AvgIpc) is 2.96. The van der Waals surface area contributed by atoms with Crippen molar-refractivity contribution in [1.82, 2.24) is 0 Å². The second-order valence-electron chi connectivity index (χ2n) is 5.02. The number of fused-ring (bicyclic) bond motifs is 1. The summed E-state index contributed by atoms with van der Waals surface area (Å²) >= 11 is 5.31. The second kappa shape index (κ2) is 5.47. The van der Waals surface area contributed by atoms with Crippen LogP contribution in [0.3, 0.4) is 0 Å². The van der Waals surface area contributed by atoms with Gasteiger partial charge in [0.05, 0.1) is 6.04 Å². The summed E-state index contributed by atoms with van der Waals surface area (Å²) in [5.74, 6) is -0.185. The molecule has 1 aromatic heterocycles. The zero-order valence-electron chi connectivity index (χ0n) is 11.2. The Kier molecular flexibility index (Phi) is 3.84. The molecular weight excluding hydrogens is 339 g/mol. The fourth-order valence-corrected chi connectivity index (χ4v) is 4.43. The van der Waals surface area contributed by atoms with Crippen molar-refractivity contribution < 1.29 is 4.39 Å². The van der Waals surface area contributed by atoms with Crippen LogP contribution in [0.2, 0.25) is 0 Å². The van der Waals surface area contributed by atoms with Gasteiger partial charge in [0.25, 0.3) is 0 Å². The van der Waals surface area contributed by atoms with E-state index in [9.17, 15) is 4.39 Å². The molecule has 1 atom stereocenters. The van der Waals surface area contributed by atoms with E-state index in [1.165, 1.54) is 21.4 Å². The zero-order chi connectivity index (χ0) is 14.3. The van der Waals surface area contributed by atoms with Gasteiger partial charge in [-0.25, -0.2) is 4.39 Å². The van der Waals surface area contributed by atoms with Gasteiger partial charge in [0.15, 0.2) is 0 Å². The standard InChI is InChI=1S/C15H16BrFN2S/c1-9-12(16)7-15(20-9)14(8-18)19-5-4-10-2-3-11(17)6-13(10)19/h2-3,6-7,14H,4-5,8,18H2,1H3. The molecule has 3 rings (SSSR count). The van der Waals surface area contributed by atoms with E-state index in [2.05, 4.69) is 33.8 Å². The number of halogens is 2. The number of hydrogen-bond acceptors (Lipinski definition) is 3. The monoisotopic (exact) mass is 354 g/mol. The van der Waals surface area contributed by atoms with Gasteiger partial charge in [0.2, 0.25) is 0 Å². The SMILES string of the molecule is Cc1sc(C(CN)N2CCc3ccc(F)cc32)cc1Br. The molecule has 0 amide bonds. The summed E-state index contributed by atoms with van der Waals surface area (Å²) < 4.78 is 14.6. The Balaban J connectivity index is 1.98. The van der Waals surface area contributed by atoms with Gasteiger partial charge < -0.3 is 10.6 Å². The van der Waals surface area contributed by atoms with Crippen molar-refractivity contribution in [2.24, 2.45) is 5.73 Å². The Labute approximate surface area is 130 Å². The fourth-order valence-electron chi connectivity index (χ4n) is 2.74. The summed E-state index contributed by atoms with van der Waals surface area (Å²) in [7, 11) is 0. The maximum atomic E-state index is 13.5. The van der Waals surface area contributed by atoms with E-state index in [-0.39, 0.29) is 11.9 Å². The van der Waals surface area contributed by atoms with E-state index in [1.54, 1.807) is 17.4 Å². The van der Waals surface area contributed by atoms with Crippen LogP contribution in [0.1, 0.15) is 21.4 Å². The Morgan fingerprint density at radius 3 is 2.90 bits per heavy atom. The van der Waals surface area contributed by atoms with Gasteiger partial charge in [-0.3, -0.25) is 0 Å². The molecule has 5 heteroatoms. The maximum Gasteiger partial charge on any atom is 0.125 e. The van der Waals surface area contributed by atoms with E-state index in [4.69, 9.17) is 5.73 Å². The van der Waals surface area contributed by atoms with E-state index in [0.717, 1.165) is 23.1 Å². The predicted molar refractivity (Wildman–Crippen MR) is 86.0 cm³/mol. The Bertz CT molecular complexity index is 621. The lowest BCUT2D eigenvalue weighted by Gasteiger charge is -2.28. The predicted octanol–water partition coefficient (Wildman–Crippen LogP) is 4.02. The van der Waals surface area contributed by atoms with Gasteiger partial charge in [-0.15, -0.1) is 11.3 Å². The Hall–Kier alpha value is -0.910. The summed E-state index contributed by atoms with van der Waals surface area (Å²) in [6.07, 6.45) is 0.956. The molecule has 2 aromatic rings.